The molecule has 0 atom stereocenters. The van der Waals surface area contributed by atoms with E-state index in [2.05, 4.69) is 47.5 Å². The average molecular weight is 550 g/mol. The van der Waals surface area contributed by atoms with Crippen molar-refractivity contribution >= 4 is 35.8 Å². The van der Waals surface area contributed by atoms with Crippen LogP contribution < -0.4 is 10.1 Å². The van der Waals surface area contributed by atoms with Crippen molar-refractivity contribution in [1.82, 2.24) is 15.1 Å². The van der Waals surface area contributed by atoms with Gasteiger partial charge in [0.05, 0.1) is 7.11 Å². The highest BCUT2D eigenvalue weighted by molar-refractivity contribution is 14.0. The molecular formula is C25H35IN4O2. The molecule has 0 saturated heterocycles. The number of halogens is 1. The molecule has 1 heterocycles. The minimum atomic E-state index is 0. The van der Waals surface area contributed by atoms with E-state index in [0.29, 0.717) is 13.0 Å². The summed E-state index contributed by atoms with van der Waals surface area (Å²) in [5, 5.41) is 3.34. The molecule has 0 aromatic heterocycles. The van der Waals surface area contributed by atoms with E-state index in [0.717, 1.165) is 50.7 Å². The number of ether oxygens (including phenoxy) is 1. The van der Waals surface area contributed by atoms with Crippen LogP contribution in [0.25, 0.3) is 0 Å². The Bertz CT molecular complexity index is 886. The lowest BCUT2D eigenvalue weighted by Crippen LogP contribution is -2.38. The molecule has 1 aliphatic heterocycles. The number of benzene rings is 2. The molecule has 32 heavy (non-hydrogen) atoms. The Balaban J connectivity index is 0.00000363. The number of carbonyl (C=O) groups excluding carboxylic acids is 1. The van der Waals surface area contributed by atoms with Crippen LogP contribution in [0.2, 0.25) is 0 Å². The van der Waals surface area contributed by atoms with Gasteiger partial charge in [-0.05, 0) is 48.6 Å². The largest absolute Gasteiger partial charge is 0.497 e. The summed E-state index contributed by atoms with van der Waals surface area (Å²) in [6.07, 6.45) is 2.23. The van der Waals surface area contributed by atoms with Crippen LogP contribution in [0.5, 0.6) is 5.75 Å². The Morgan fingerprint density at radius 1 is 1.16 bits per heavy atom. The van der Waals surface area contributed by atoms with E-state index < -0.39 is 0 Å². The van der Waals surface area contributed by atoms with E-state index in [4.69, 9.17) is 9.73 Å². The highest BCUT2D eigenvalue weighted by atomic mass is 127. The molecular weight excluding hydrogens is 515 g/mol. The fourth-order valence-electron chi connectivity index (χ4n) is 3.83. The van der Waals surface area contributed by atoms with Gasteiger partial charge in [-0.1, -0.05) is 36.4 Å². The second-order valence-corrected chi connectivity index (χ2v) is 7.88. The summed E-state index contributed by atoms with van der Waals surface area (Å²) in [7, 11) is 3.70. The van der Waals surface area contributed by atoms with Gasteiger partial charge in [0.1, 0.15) is 5.75 Å². The SMILES string of the molecule is CCNC(=NCCCC(=O)N1CCc2ccccc2C1)N(C)Cc1ccc(OC)cc1.I. The van der Waals surface area contributed by atoms with Gasteiger partial charge in [0.2, 0.25) is 5.91 Å². The minimum Gasteiger partial charge on any atom is -0.497 e. The summed E-state index contributed by atoms with van der Waals surface area (Å²) in [5.41, 5.74) is 3.83. The number of rotatable bonds is 8. The highest BCUT2D eigenvalue weighted by Gasteiger charge is 2.19. The molecule has 1 aliphatic rings. The lowest BCUT2D eigenvalue weighted by atomic mass is 9.99. The van der Waals surface area contributed by atoms with E-state index in [-0.39, 0.29) is 29.9 Å². The second kappa shape index (κ2) is 13.3. The first-order chi connectivity index (χ1) is 15.1. The molecule has 0 radical (unpaired) electrons. The van der Waals surface area contributed by atoms with E-state index in [1.807, 2.05) is 30.1 Å². The van der Waals surface area contributed by atoms with Crippen molar-refractivity contribution in [3.63, 3.8) is 0 Å². The molecule has 7 heteroatoms. The zero-order valence-corrected chi connectivity index (χ0v) is 21.7. The standard InChI is InChI=1S/C25H34N4O2.HI/c1-4-26-25(28(2)18-20-11-13-23(31-3)14-12-20)27-16-7-10-24(30)29-17-15-21-8-5-6-9-22(21)19-29;/h5-6,8-9,11-14H,4,7,10,15-19H2,1-3H3,(H,26,27);1H. The quantitative estimate of drug-likeness (QED) is 0.233. The van der Waals surface area contributed by atoms with Crippen LogP contribution in [0.15, 0.2) is 53.5 Å². The Morgan fingerprint density at radius 3 is 2.56 bits per heavy atom. The normalized spacial score (nSPS) is 13.1. The third-order valence-corrected chi connectivity index (χ3v) is 5.57. The third-order valence-electron chi connectivity index (χ3n) is 5.57. The van der Waals surface area contributed by atoms with Crippen LogP contribution in [-0.2, 0) is 24.3 Å². The smallest absolute Gasteiger partial charge is 0.222 e. The van der Waals surface area contributed by atoms with Gasteiger partial charge in [-0.25, -0.2) is 0 Å². The fourth-order valence-corrected chi connectivity index (χ4v) is 3.83. The fraction of sp³-hybridized carbons (Fsp3) is 0.440. The molecule has 1 N–H and O–H groups in total. The summed E-state index contributed by atoms with van der Waals surface area (Å²) in [4.78, 5) is 21.5. The van der Waals surface area contributed by atoms with Gasteiger partial charge in [0, 0.05) is 46.2 Å². The van der Waals surface area contributed by atoms with Crippen molar-refractivity contribution in [3.05, 3.63) is 65.2 Å². The first-order valence-electron chi connectivity index (χ1n) is 11.1. The van der Waals surface area contributed by atoms with Crippen molar-refractivity contribution in [2.75, 3.05) is 33.8 Å². The first kappa shape index (κ1) is 26.0. The zero-order chi connectivity index (χ0) is 22.1. The van der Waals surface area contributed by atoms with Gasteiger partial charge < -0.3 is 19.9 Å². The molecule has 2 aromatic carbocycles. The molecule has 0 bridgehead atoms. The number of fused-ring (bicyclic) bond motifs is 1. The van der Waals surface area contributed by atoms with Crippen LogP contribution in [0.1, 0.15) is 36.5 Å². The Hall–Kier alpha value is -2.29. The van der Waals surface area contributed by atoms with Crippen molar-refractivity contribution in [2.45, 2.75) is 39.3 Å². The van der Waals surface area contributed by atoms with Crippen molar-refractivity contribution in [1.29, 1.82) is 0 Å². The van der Waals surface area contributed by atoms with E-state index in [1.54, 1.807) is 7.11 Å². The van der Waals surface area contributed by atoms with Crippen molar-refractivity contribution < 1.29 is 9.53 Å². The van der Waals surface area contributed by atoms with Crippen LogP contribution in [0, 0.1) is 0 Å². The number of carbonyl (C=O) groups is 1. The Morgan fingerprint density at radius 2 is 1.88 bits per heavy atom. The lowest BCUT2D eigenvalue weighted by molar-refractivity contribution is -0.132. The van der Waals surface area contributed by atoms with Gasteiger partial charge in [-0.3, -0.25) is 9.79 Å². The van der Waals surface area contributed by atoms with E-state index >= 15 is 0 Å². The van der Waals surface area contributed by atoms with Gasteiger partial charge in [-0.2, -0.15) is 0 Å². The van der Waals surface area contributed by atoms with Crippen LogP contribution in [0.3, 0.4) is 0 Å². The topological polar surface area (TPSA) is 57.2 Å². The van der Waals surface area contributed by atoms with Crippen molar-refractivity contribution in [3.8, 4) is 5.75 Å². The molecule has 0 saturated carbocycles. The lowest BCUT2D eigenvalue weighted by Gasteiger charge is -2.29. The summed E-state index contributed by atoms with van der Waals surface area (Å²) >= 11 is 0. The molecule has 174 valence electrons. The van der Waals surface area contributed by atoms with Gasteiger partial charge in [-0.15, -0.1) is 24.0 Å². The second-order valence-electron chi connectivity index (χ2n) is 7.88. The monoisotopic (exact) mass is 550 g/mol. The number of nitrogens with zero attached hydrogens (tertiary/aromatic N) is 3. The number of aliphatic imine (C=N–C) groups is 1. The summed E-state index contributed by atoms with van der Waals surface area (Å²) in [5.74, 6) is 1.94. The number of methoxy groups -OCH3 is 1. The molecule has 0 fully saturated rings. The molecule has 2 aromatic rings. The number of hydrogen-bond acceptors (Lipinski definition) is 3. The molecule has 0 unspecified atom stereocenters. The summed E-state index contributed by atoms with van der Waals surface area (Å²) in [6.45, 7) is 5.79. The molecule has 3 rings (SSSR count). The average Bonchev–Trinajstić information content (AvgIpc) is 2.81. The van der Waals surface area contributed by atoms with Gasteiger partial charge in [0.15, 0.2) is 5.96 Å². The number of amides is 1. The maximum absolute atomic E-state index is 12.6. The summed E-state index contributed by atoms with van der Waals surface area (Å²) in [6, 6.07) is 16.5. The van der Waals surface area contributed by atoms with Gasteiger partial charge >= 0.3 is 0 Å². The van der Waals surface area contributed by atoms with Gasteiger partial charge in [0.25, 0.3) is 0 Å². The predicted molar refractivity (Wildman–Crippen MR) is 141 cm³/mol. The minimum absolute atomic E-state index is 0. The number of nitrogens with one attached hydrogen (secondary N) is 1. The van der Waals surface area contributed by atoms with Crippen molar-refractivity contribution in [2.24, 2.45) is 4.99 Å². The highest BCUT2D eigenvalue weighted by Crippen LogP contribution is 2.19. The number of hydrogen-bond donors (Lipinski definition) is 1. The predicted octanol–water partition coefficient (Wildman–Crippen LogP) is 4.08. The zero-order valence-electron chi connectivity index (χ0n) is 19.3. The summed E-state index contributed by atoms with van der Waals surface area (Å²) < 4.78 is 5.23. The van der Waals surface area contributed by atoms with Crippen LogP contribution in [0.4, 0.5) is 0 Å². The third kappa shape index (κ3) is 7.39. The number of guanidine groups is 1. The molecule has 1 amide bonds. The maximum atomic E-state index is 12.6. The molecule has 6 nitrogen and oxygen atoms in total. The Kier molecular flexibility index (Phi) is 10.8. The first-order valence-corrected chi connectivity index (χ1v) is 11.1. The van der Waals surface area contributed by atoms with Crippen LogP contribution >= 0.6 is 24.0 Å². The van der Waals surface area contributed by atoms with E-state index in [9.17, 15) is 4.79 Å². The van der Waals surface area contributed by atoms with E-state index in [1.165, 1.54) is 16.7 Å². The molecule has 0 aliphatic carbocycles. The molecule has 0 spiro atoms. The Labute approximate surface area is 209 Å². The maximum Gasteiger partial charge on any atom is 0.222 e. The van der Waals surface area contributed by atoms with Crippen LogP contribution in [-0.4, -0.2) is 55.5 Å².